The van der Waals surface area contributed by atoms with E-state index in [1.807, 2.05) is 18.2 Å². The minimum atomic E-state index is -0.620. The standard InChI is InChI=1S/C26H31ClN4O5/c27-18-13-20-25(30-26(29-20)36-22-15-35-23-21(32)14-34-24(22)23)28-19(18)8-5-16-3-6-17(7-4-16)33-12-11-31-9-1-2-10-31/h3-4,6-7,13,21-24,32H,1-2,5,8-12,14-15H2,(H,28,29,30)/t21-,22-,23-,24-/m1/s1. The summed E-state index contributed by atoms with van der Waals surface area (Å²) in [4.78, 5) is 14.7. The number of hydrogen-bond donors (Lipinski definition) is 2. The first-order chi connectivity index (χ1) is 17.6. The molecule has 5 heterocycles. The summed E-state index contributed by atoms with van der Waals surface area (Å²) in [5, 5.41) is 10.5. The number of pyridine rings is 1. The number of fused-ring (bicyclic) bond motifs is 2. The third-order valence-electron chi connectivity index (χ3n) is 7.17. The van der Waals surface area contributed by atoms with Gasteiger partial charge in [0.25, 0.3) is 6.01 Å². The fourth-order valence-electron chi connectivity index (χ4n) is 5.17. The SMILES string of the molecule is O[C@@H]1CO[C@H]2[C@@H]1OC[C@H]2Oc1nc2nc(CCc3ccc(OCCN4CCCC4)cc3)c(Cl)cc2[nH]1. The van der Waals surface area contributed by atoms with Gasteiger partial charge in [0.1, 0.15) is 30.7 Å². The molecule has 0 bridgehead atoms. The summed E-state index contributed by atoms with van der Waals surface area (Å²) in [6, 6.07) is 10.4. The van der Waals surface area contributed by atoms with Crippen molar-refractivity contribution < 1.29 is 24.1 Å². The Morgan fingerprint density at radius 3 is 2.69 bits per heavy atom. The van der Waals surface area contributed by atoms with Gasteiger partial charge in [-0.15, -0.1) is 0 Å². The molecule has 0 radical (unpaired) electrons. The summed E-state index contributed by atoms with van der Waals surface area (Å²) in [5.74, 6) is 0.899. The minimum Gasteiger partial charge on any atom is -0.492 e. The lowest BCUT2D eigenvalue weighted by Crippen LogP contribution is -2.34. The number of imidazole rings is 1. The van der Waals surface area contributed by atoms with E-state index in [9.17, 15) is 5.11 Å². The Bertz CT molecular complexity index is 1180. The molecule has 1 aromatic carbocycles. The number of benzene rings is 1. The van der Waals surface area contributed by atoms with Crippen molar-refractivity contribution in [2.45, 2.75) is 50.1 Å². The van der Waals surface area contributed by atoms with Crippen LogP contribution in [0.15, 0.2) is 30.3 Å². The molecule has 0 aliphatic carbocycles. The Hall–Kier alpha value is -2.43. The van der Waals surface area contributed by atoms with Crippen molar-refractivity contribution in [2.24, 2.45) is 0 Å². The Balaban J connectivity index is 1.04. The van der Waals surface area contributed by atoms with Crippen molar-refractivity contribution in [3.8, 4) is 11.8 Å². The van der Waals surface area contributed by atoms with Gasteiger partial charge in [0.15, 0.2) is 11.8 Å². The van der Waals surface area contributed by atoms with Gasteiger partial charge >= 0.3 is 0 Å². The van der Waals surface area contributed by atoms with Gasteiger partial charge in [0.2, 0.25) is 0 Å². The third kappa shape index (κ3) is 5.17. The normalized spacial score (nSPS) is 26.1. The number of hydrogen-bond acceptors (Lipinski definition) is 8. The van der Waals surface area contributed by atoms with Gasteiger partial charge < -0.3 is 29.0 Å². The maximum absolute atomic E-state index is 9.92. The maximum atomic E-state index is 9.92. The zero-order chi connectivity index (χ0) is 24.5. The van der Waals surface area contributed by atoms with E-state index >= 15 is 0 Å². The molecule has 0 spiro atoms. The van der Waals surface area contributed by atoms with Crippen LogP contribution in [0.2, 0.25) is 5.02 Å². The lowest BCUT2D eigenvalue weighted by atomic mass is 10.1. The summed E-state index contributed by atoms with van der Waals surface area (Å²) in [6.07, 6.45) is 2.49. The highest BCUT2D eigenvalue weighted by Crippen LogP contribution is 2.30. The second-order valence-corrected chi connectivity index (χ2v) is 10.1. The predicted molar refractivity (Wildman–Crippen MR) is 134 cm³/mol. The third-order valence-corrected chi connectivity index (χ3v) is 7.50. The lowest BCUT2D eigenvalue weighted by molar-refractivity contribution is 0.00706. The van der Waals surface area contributed by atoms with Crippen molar-refractivity contribution in [1.82, 2.24) is 19.9 Å². The Morgan fingerprint density at radius 2 is 1.86 bits per heavy atom. The molecule has 10 heteroatoms. The van der Waals surface area contributed by atoms with Crippen LogP contribution >= 0.6 is 11.6 Å². The minimum absolute atomic E-state index is 0.254. The molecule has 36 heavy (non-hydrogen) atoms. The molecule has 3 aromatic rings. The van der Waals surface area contributed by atoms with E-state index in [4.69, 9.17) is 30.5 Å². The molecule has 0 amide bonds. The zero-order valence-corrected chi connectivity index (χ0v) is 20.8. The number of aromatic amines is 1. The first-order valence-corrected chi connectivity index (χ1v) is 13.1. The van der Waals surface area contributed by atoms with Crippen LogP contribution < -0.4 is 9.47 Å². The van der Waals surface area contributed by atoms with Gasteiger partial charge in [-0.3, -0.25) is 4.90 Å². The smallest absolute Gasteiger partial charge is 0.296 e. The highest BCUT2D eigenvalue weighted by molar-refractivity contribution is 6.31. The molecule has 3 aliphatic rings. The topological polar surface area (TPSA) is 102 Å². The molecule has 2 aromatic heterocycles. The average Bonchev–Trinajstić information content (AvgIpc) is 3.67. The summed E-state index contributed by atoms with van der Waals surface area (Å²) < 4.78 is 23.1. The van der Waals surface area contributed by atoms with Crippen molar-refractivity contribution in [3.63, 3.8) is 0 Å². The molecule has 2 N–H and O–H groups in total. The molecule has 4 atom stereocenters. The summed E-state index contributed by atoms with van der Waals surface area (Å²) in [5.41, 5.74) is 3.24. The van der Waals surface area contributed by atoms with Gasteiger partial charge in [-0.25, -0.2) is 4.98 Å². The molecule has 3 saturated heterocycles. The number of ether oxygens (including phenoxy) is 4. The zero-order valence-electron chi connectivity index (χ0n) is 20.1. The molecule has 192 valence electrons. The van der Waals surface area contributed by atoms with E-state index in [-0.39, 0.29) is 24.9 Å². The number of nitrogens with zero attached hydrogens (tertiary/aromatic N) is 3. The van der Waals surface area contributed by atoms with Gasteiger partial charge in [0.05, 0.1) is 29.4 Å². The fourth-order valence-corrected chi connectivity index (χ4v) is 5.41. The van der Waals surface area contributed by atoms with E-state index in [1.165, 1.54) is 31.5 Å². The van der Waals surface area contributed by atoms with Crippen LogP contribution in [0, 0.1) is 0 Å². The van der Waals surface area contributed by atoms with Crippen LogP contribution in [0.1, 0.15) is 24.1 Å². The number of aliphatic hydroxyl groups is 1. The molecule has 0 unspecified atom stereocenters. The van der Waals surface area contributed by atoms with Crippen LogP contribution in [0.5, 0.6) is 11.8 Å². The van der Waals surface area contributed by atoms with Crippen LogP contribution in [0.25, 0.3) is 11.2 Å². The molecular formula is C26H31ClN4O5. The average molecular weight is 515 g/mol. The van der Waals surface area contributed by atoms with Crippen molar-refractivity contribution in [3.05, 3.63) is 46.6 Å². The van der Waals surface area contributed by atoms with Crippen molar-refractivity contribution in [1.29, 1.82) is 0 Å². The highest BCUT2D eigenvalue weighted by atomic mass is 35.5. The first-order valence-electron chi connectivity index (χ1n) is 12.7. The summed E-state index contributed by atoms with van der Waals surface area (Å²) in [6.45, 7) is 4.68. The number of nitrogens with one attached hydrogen (secondary N) is 1. The molecule has 0 saturated carbocycles. The van der Waals surface area contributed by atoms with Gasteiger partial charge in [0, 0.05) is 6.54 Å². The first kappa shape index (κ1) is 23.9. The monoisotopic (exact) mass is 514 g/mol. The summed E-state index contributed by atoms with van der Waals surface area (Å²) >= 11 is 6.53. The fraction of sp³-hybridized carbons (Fsp3) is 0.538. The van der Waals surface area contributed by atoms with Gasteiger partial charge in [-0.2, -0.15) is 4.98 Å². The summed E-state index contributed by atoms with van der Waals surface area (Å²) in [7, 11) is 0. The molecular weight excluding hydrogens is 484 g/mol. The van der Waals surface area contributed by atoms with E-state index in [0.717, 1.165) is 31.0 Å². The highest BCUT2D eigenvalue weighted by Gasteiger charge is 2.48. The predicted octanol–water partition coefficient (Wildman–Crippen LogP) is 2.78. The quantitative estimate of drug-likeness (QED) is 0.449. The van der Waals surface area contributed by atoms with Crippen LogP contribution in [-0.4, -0.2) is 88.8 Å². The molecule has 3 fully saturated rings. The number of aliphatic hydroxyl groups excluding tert-OH is 1. The molecule has 9 nitrogen and oxygen atoms in total. The van der Waals surface area contributed by atoms with Gasteiger partial charge in [-0.1, -0.05) is 23.7 Å². The number of aryl methyl sites for hydroxylation is 2. The number of rotatable bonds is 9. The van der Waals surface area contributed by atoms with Gasteiger partial charge in [-0.05, 0) is 62.5 Å². The van der Waals surface area contributed by atoms with E-state index < -0.39 is 6.10 Å². The Morgan fingerprint density at radius 1 is 1.06 bits per heavy atom. The van der Waals surface area contributed by atoms with E-state index in [1.54, 1.807) is 0 Å². The lowest BCUT2D eigenvalue weighted by Gasteiger charge is -2.15. The number of aromatic nitrogens is 3. The number of halogens is 1. The molecule has 3 aliphatic heterocycles. The van der Waals surface area contributed by atoms with Crippen molar-refractivity contribution >= 4 is 22.8 Å². The van der Waals surface area contributed by atoms with Crippen molar-refractivity contribution in [2.75, 3.05) is 39.5 Å². The van der Waals surface area contributed by atoms with E-state index in [0.29, 0.717) is 35.2 Å². The molecule has 6 rings (SSSR count). The van der Waals surface area contributed by atoms with Crippen LogP contribution in [0.3, 0.4) is 0 Å². The largest absolute Gasteiger partial charge is 0.492 e. The van der Waals surface area contributed by atoms with Crippen LogP contribution in [0.4, 0.5) is 0 Å². The maximum Gasteiger partial charge on any atom is 0.296 e. The van der Waals surface area contributed by atoms with Crippen LogP contribution in [-0.2, 0) is 22.3 Å². The number of likely N-dealkylation sites (tertiary alicyclic amines) is 1. The second-order valence-electron chi connectivity index (χ2n) is 9.69. The Kier molecular flexibility index (Phi) is 6.99. The second kappa shape index (κ2) is 10.5. The Labute approximate surface area is 214 Å². The van der Waals surface area contributed by atoms with E-state index in [2.05, 4.69) is 32.0 Å². The number of H-pyrrole nitrogens is 1.